The normalized spacial score (nSPS) is 17.0. The Bertz CT molecular complexity index is 1000. The first-order chi connectivity index (χ1) is 14.2. The van der Waals surface area contributed by atoms with Gasteiger partial charge in [0.2, 0.25) is 0 Å². The van der Waals surface area contributed by atoms with Crippen molar-refractivity contribution in [3.05, 3.63) is 39.1 Å². The van der Waals surface area contributed by atoms with Crippen LogP contribution in [0.3, 0.4) is 0 Å². The molecule has 2 rings (SSSR count). The van der Waals surface area contributed by atoms with E-state index in [9.17, 15) is 37.5 Å². The number of amides is 1. The molecular formula is C22H24F3NO5. The molecule has 1 aromatic carbocycles. The Balaban J connectivity index is 2.68. The summed E-state index contributed by atoms with van der Waals surface area (Å²) >= 11 is 0. The smallest absolute Gasteiger partial charge is 0.471 e. The first-order valence-corrected chi connectivity index (χ1v) is 9.73. The highest BCUT2D eigenvalue weighted by Gasteiger charge is 2.40. The van der Waals surface area contributed by atoms with E-state index in [1.54, 1.807) is 13.8 Å². The minimum Gasteiger partial charge on any atom is -0.511 e. The maximum absolute atomic E-state index is 12.8. The van der Waals surface area contributed by atoms with Gasteiger partial charge in [0.05, 0.1) is 5.57 Å². The van der Waals surface area contributed by atoms with E-state index in [4.69, 9.17) is 0 Å². The lowest BCUT2D eigenvalue weighted by molar-refractivity contribution is -0.167. The van der Waals surface area contributed by atoms with Gasteiger partial charge in [0.25, 0.3) is 0 Å². The largest absolute Gasteiger partial charge is 0.511 e. The molecule has 1 aliphatic carbocycles. The molecule has 31 heavy (non-hydrogen) atoms. The molecule has 0 heterocycles. The Labute approximate surface area is 177 Å². The number of hydrogen-bond acceptors (Lipinski definition) is 5. The van der Waals surface area contributed by atoms with Crippen molar-refractivity contribution in [3.8, 4) is 0 Å². The van der Waals surface area contributed by atoms with Gasteiger partial charge in [0.1, 0.15) is 5.76 Å². The van der Waals surface area contributed by atoms with Crippen molar-refractivity contribution < 1.29 is 37.5 Å². The topological polar surface area (TPSA) is 101 Å². The summed E-state index contributed by atoms with van der Waals surface area (Å²) in [6, 6.07) is 0. The highest BCUT2D eigenvalue weighted by Crippen LogP contribution is 2.41. The average Bonchev–Trinajstić information content (AvgIpc) is 2.63. The molecule has 1 saturated carbocycles. The molecule has 1 aromatic rings. The molecule has 0 atom stereocenters. The van der Waals surface area contributed by atoms with Gasteiger partial charge in [-0.1, -0.05) is 6.92 Å². The molecule has 9 heteroatoms. The fourth-order valence-electron chi connectivity index (χ4n) is 4.33. The molecule has 0 radical (unpaired) electrons. The third kappa shape index (κ3) is 4.55. The number of benzene rings is 1. The minimum absolute atomic E-state index is 0.113. The summed E-state index contributed by atoms with van der Waals surface area (Å²) in [5, 5.41) is 11.7. The van der Waals surface area contributed by atoms with E-state index < -0.39 is 35.4 Å². The maximum atomic E-state index is 12.8. The summed E-state index contributed by atoms with van der Waals surface area (Å²) in [6.45, 7) is 7.36. The fraction of sp³-hybridized carbons (Fsp3) is 0.455. The lowest BCUT2D eigenvalue weighted by Gasteiger charge is -2.29. The zero-order valence-electron chi connectivity index (χ0n) is 17.9. The summed E-state index contributed by atoms with van der Waals surface area (Å²) in [5.74, 6) is -4.73. The zero-order valence-corrected chi connectivity index (χ0v) is 17.9. The van der Waals surface area contributed by atoms with Gasteiger partial charge in [-0.15, -0.1) is 0 Å². The predicted octanol–water partition coefficient (Wildman–Crippen LogP) is 4.55. The van der Waals surface area contributed by atoms with Crippen LogP contribution < -0.4 is 5.32 Å². The third-order valence-electron chi connectivity index (χ3n) is 5.61. The number of Topliss-reactive ketones (excluding diaryl/α,β-unsaturated/α-hetero) is 3. The highest BCUT2D eigenvalue weighted by atomic mass is 19.4. The van der Waals surface area contributed by atoms with Crippen LogP contribution in [0.4, 0.5) is 18.9 Å². The Kier molecular flexibility index (Phi) is 6.78. The fourth-order valence-corrected chi connectivity index (χ4v) is 4.33. The predicted molar refractivity (Wildman–Crippen MR) is 107 cm³/mol. The van der Waals surface area contributed by atoms with E-state index in [1.165, 1.54) is 20.8 Å². The molecule has 1 amide bonds. The summed E-state index contributed by atoms with van der Waals surface area (Å²) in [4.78, 5) is 49.0. The number of carbonyl (C=O) groups excluding carboxylic acids is 4. The summed E-state index contributed by atoms with van der Waals surface area (Å²) < 4.78 is 38.5. The van der Waals surface area contributed by atoms with Gasteiger partial charge in [-0.2, -0.15) is 13.2 Å². The Morgan fingerprint density at radius 3 is 1.97 bits per heavy atom. The van der Waals surface area contributed by atoms with Crippen LogP contribution >= 0.6 is 0 Å². The number of carbonyl (C=O) groups is 4. The summed E-state index contributed by atoms with van der Waals surface area (Å²) in [5.41, 5.74) is 0.993. The third-order valence-corrected chi connectivity index (χ3v) is 5.61. The molecule has 168 valence electrons. The van der Waals surface area contributed by atoms with Crippen LogP contribution in [0.1, 0.15) is 71.6 Å². The van der Waals surface area contributed by atoms with Crippen molar-refractivity contribution in [1.82, 2.24) is 0 Å². The quantitative estimate of drug-likeness (QED) is 0.310. The number of anilines is 1. The van der Waals surface area contributed by atoms with Gasteiger partial charge in [0.15, 0.2) is 17.3 Å². The van der Waals surface area contributed by atoms with Gasteiger partial charge in [-0.3, -0.25) is 19.2 Å². The first-order valence-electron chi connectivity index (χ1n) is 9.73. The number of rotatable bonds is 4. The molecule has 0 aromatic heterocycles. The molecule has 0 unspecified atom stereocenters. The second-order valence-electron chi connectivity index (χ2n) is 7.67. The second-order valence-corrected chi connectivity index (χ2v) is 7.67. The van der Waals surface area contributed by atoms with Crippen LogP contribution in [-0.4, -0.2) is 34.5 Å². The molecule has 0 spiro atoms. The standard InChI is InChI=1S/C22H24F3NO5/c1-6-14(28)19-15(29)7-13(8-16(19)30)18-9(2)17(12(5)27)10(3)20(11(18)4)26-21(31)22(23,24)25/h13,28H,6-8H2,1-5H3,(H,26,31). The van der Waals surface area contributed by atoms with Crippen LogP contribution in [0, 0.1) is 20.8 Å². The molecule has 0 aliphatic heterocycles. The van der Waals surface area contributed by atoms with Gasteiger partial charge < -0.3 is 10.4 Å². The van der Waals surface area contributed by atoms with Crippen LogP contribution in [0.25, 0.3) is 0 Å². The van der Waals surface area contributed by atoms with Crippen LogP contribution in [0.2, 0.25) is 0 Å². The molecule has 1 fully saturated rings. The van der Waals surface area contributed by atoms with Gasteiger partial charge in [-0.05, 0) is 55.9 Å². The number of nitrogens with one attached hydrogen (secondary N) is 1. The van der Waals surface area contributed by atoms with E-state index >= 15 is 0 Å². The number of aliphatic hydroxyl groups is 1. The van der Waals surface area contributed by atoms with Gasteiger partial charge in [-0.25, -0.2) is 0 Å². The molecule has 0 bridgehead atoms. The number of alkyl halides is 3. The van der Waals surface area contributed by atoms with E-state index in [0.29, 0.717) is 11.1 Å². The SMILES string of the molecule is CCC(O)=C1C(=O)CC(c2c(C)c(NC(=O)C(F)(F)F)c(C)c(C(C)=O)c2C)CC1=O. The van der Waals surface area contributed by atoms with E-state index in [0.717, 1.165) is 0 Å². The number of ketones is 3. The van der Waals surface area contributed by atoms with Crippen molar-refractivity contribution >= 4 is 28.9 Å². The second kappa shape index (κ2) is 8.64. The molecule has 1 aliphatic rings. The number of hydrogen-bond donors (Lipinski definition) is 2. The van der Waals surface area contributed by atoms with Crippen molar-refractivity contribution in [1.29, 1.82) is 0 Å². The number of halogens is 3. The molecular weight excluding hydrogens is 415 g/mol. The maximum Gasteiger partial charge on any atom is 0.471 e. The summed E-state index contributed by atoms with van der Waals surface area (Å²) in [6.07, 6.45) is -5.32. The lowest BCUT2D eigenvalue weighted by Crippen LogP contribution is -2.31. The van der Waals surface area contributed by atoms with Crippen LogP contribution in [0.15, 0.2) is 11.3 Å². The highest BCUT2D eigenvalue weighted by molar-refractivity contribution is 6.22. The van der Waals surface area contributed by atoms with E-state index in [2.05, 4.69) is 0 Å². The van der Waals surface area contributed by atoms with Crippen molar-refractivity contribution in [2.45, 2.75) is 66.0 Å². The minimum atomic E-state index is -5.13. The van der Waals surface area contributed by atoms with Gasteiger partial charge in [0, 0.05) is 30.5 Å². The van der Waals surface area contributed by atoms with Crippen molar-refractivity contribution in [3.63, 3.8) is 0 Å². The van der Waals surface area contributed by atoms with Crippen molar-refractivity contribution in [2.75, 3.05) is 5.32 Å². The Morgan fingerprint density at radius 1 is 1.03 bits per heavy atom. The monoisotopic (exact) mass is 439 g/mol. The number of allylic oxidation sites excluding steroid dienone is 2. The van der Waals surface area contributed by atoms with E-state index in [1.807, 2.05) is 5.32 Å². The first kappa shape index (κ1) is 24.3. The van der Waals surface area contributed by atoms with E-state index in [-0.39, 0.29) is 53.0 Å². The van der Waals surface area contributed by atoms with Crippen molar-refractivity contribution in [2.24, 2.45) is 0 Å². The Morgan fingerprint density at radius 2 is 1.55 bits per heavy atom. The van der Waals surface area contributed by atoms with Gasteiger partial charge >= 0.3 is 12.1 Å². The van der Waals surface area contributed by atoms with Crippen LogP contribution in [-0.2, 0) is 14.4 Å². The lowest BCUT2D eigenvalue weighted by atomic mass is 9.74. The van der Waals surface area contributed by atoms with Crippen LogP contribution in [0.5, 0.6) is 0 Å². The molecule has 6 nitrogen and oxygen atoms in total. The molecule has 0 saturated heterocycles. The average molecular weight is 439 g/mol. The Hall–Kier alpha value is -2.97. The zero-order chi connectivity index (χ0) is 23.8. The molecule has 2 N–H and O–H groups in total. The summed E-state index contributed by atoms with van der Waals surface area (Å²) in [7, 11) is 0. The number of aliphatic hydroxyl groups excluding tert-OH is 1.